The van der Waals surface area contributed by atoms with Crippen LogP contribution in [0.25, 0.3) is 0 Å². The molecular formula is C18H40O2Sn. The average molecular weight is 407 g/mol. The molecule has 2 nitrogen and oxygen atoms in total. The molecule has 0 aliphatic heterocycles. The molecule has 0 aromatic rings. The maximum atomic E-state index is 6.07. The molecule has 0 bridgehead atoms. The summed E-state index contributed by atoms with van der Waals surface area (Å²) in [6.07, 6.45) is 10.4. The summed E-state index contributed by atoms with van der Waals surface area (Å²) >= 11 is -2.61. The van der Waals surface area contributed by atoms with Gasteiger partial charge < -0.3 is 0 Å². The molecule has 0 radical (unpaired) electrons. The fourth-order valence-corrected chi connectivity index (χ4v) is 6.21. The Morgan fingerprint density at radius 2 is 1.00 bits per heavy atom. The van der Waals surface area contributed by atoms with Crippen LogP contribution in [0.15, 0.2) is 0 Å². The first-order chi connectivity index (χ1) is 9.83. The van der Waals surface area contributed by atoms with Crippen LogP contribution in [0, 0.1) is 11.8 Å². The first-order valence-electron chi connectivity index (χ1n) is 9.11. The SMILES string of the molecule is CC(C)CCCCC[O][Sn]([CH3])([CH3])[O]CCCCCC(C)C. The van der Waals surface area contributed by atoms with Gasteiger partial charge in [-0.25, -0.2) is 0 Å². The van der Waals surface area contributed by atoms with Crippen LogP contribution in [-0.4, -0.2) is 32.4 Å². The molecule has 0 saturated carbocycles. The molecule has 21 heavy (non-hydrogen) atoms. The Balaban J connectivity index is 3.43. The van der Waals surface area contributed by atoms with E-state index in [1.165, 1.54) is 51.4 Å². The van der Waals surface area contributed by atoms with Gasteiger partial charge in [-0.2, -0.15) is 0 Å². The van der Waals surface area contributed by atoms with Crippen LogP contribution in [0.2, 0.25) is 9.88 Å². The van der Waals surface area contributed by atoms with Crippen molar-refractivity contribution in [3.8, 4) is 0 Å². The number of hydrogen-bond acceptors (Lipinski definition) is 2. The van der Waals surface area contributed by atoms with E-state index in [2.05, 4.69) is 37.6 Å². The van der Waals surface area contributed by atoms with Gasteiger partial charge in [-0.1, -0.05) is 0 Å². The Labute approximate surface area is 139 Å². The second-order valence-electron chi connectivity index (χ2n) is 7.58. The average Bonchev–Trinajstić information content (AvgIpc) is 2.37. The Morgan fingerprint density at radius 1 is 0.619 bits per heavy atom. The molecule has 0 aliphatic carbocycles. The second-order valence-corrected chi connectivity index (χ2v) is 17.2. The maximum absolute atomic E-state index is 6.07. The Bertz CT molecular complexity index is 205. The van der Waals surface area contributed by atoms with E-state index in [4.69, 9.17) is 6.15 Å². The first kappa shape index (κ1) is 21.7. The summed E-state index contributed by atoms with van der Waals surface area (Å²) in [5.74, 6) is 1.67. The van der Waals surface area contributed by atoms with Crippen molar-refractivity contribution in [2.24, 2.45) is 11.8 Å². The summed E-state index contributed by atoms with van der Waals surface area (Å²) < 4.78 is 12.1. The van der Waals surface area contributed by atoms with Crippen LogP contribution < -0.4 is 0 Å². The number of hydrogen-bond donors (Lipinski definition) is 0. The van der Waals surface area contributed by atoms with E-state index in [1.54, 1.807) is 0 Å². The third kappa shape index (κ3) is 16.9. The van der Waals surface area contributed by atoms with Crippen LogP contribution in [-0.2, 0) is 6.15 Å². The molecule has 0 fully saturated rings. The van der Waals surface area contributed by atoms with E-state index in [1.807, 2.05) is 0 Å². The van der Waals surface area contributed by atoms with Crippen LogP contribution >= 0.6 is 0 Å². The van der Waals surface area contributed by atoms with Crippen LogP contribution in [0.4, 0.5) is 0 Å². The predicted molar refractivity (Wildman–Crippen MR) is 96.0 cm³/mol. The van der Waals surface area contributed by atoms with Crippen molar-refractivity contribution in [3.05, 3.63) is 0 Å². The topological polar surface area (TPSA) is 18.5 Å². The summed E-state index contributed by atoms with van der Waals surface area (Å²) in [5, 5.41) is 0. The fourth-order valence-electron chi connectivity index (χ4n) is 2.34. The molecule has 0 aliphatic rings. The molecule has 0 atom stereocenters. The molecule has 0 heterocycles. The van der Waals surface area contributed by atoms with E-state index in [0.717, 1.165) is 25.0 Å². The zero-order valence-corrected chi connectivity index (χ0v) is 18.4. The third-order valence-corrected chi connectivity index (χ3v) is 8.88. The standard InChI is InChI=1S/2C8H17O.2CH3.Sn/c2*1-8(2)6-4-3-5-7-9;;;/h2*8H,3-7H2,1-2H3;2*1H3;/q2*-1;;;+2. The van der Waals surface area contributed by atoms with Gasteiger partial charge in [0.15, 0.2) is 0 Å². The summed E-state index contributed by atoms with van der Waals surface area (Å²) in [6.45, 7) is 11.0. The molecule has 0 amide bonds. The molecule has 0 spiro atoms. The van der Waals surface area contributed by atoms with Crippen molar-refractivity contribution in [1.29, 1.82) is 0 Å². The minimum absolute atomic E-state index is 0.834. The van der Waals surface area contributed by atoms with E-state index < -0.39 is 19.2 Å². The Hall–Kier alpha value is 0.719. The van der Waals surface area contributed by atoms with Gasteiger partial charge in [-0.15, -0.1) is 0 Å². The molecule has 3 heteroatoms. The third-order valence-electron chi connectivity index (χ3n) is 3.75. The zero-order chi connectivity index (χ0) is 16.1. The molecule has 0 rings (SSSR count). The zero-order valence-electron chi connectivity index (χ0n) is 15.5. The van der Waals surface area contributed by atoms with Gasteiger partial charge >= 0.3 is 139 Å². The van der Waals surface area contributed by atoms with Crippen molar-refractivity contribution in [2.75, 3.05) is 13.2 Å². The van der Waals surface area contributed by atoms with Gasteiger partial charge in [0, 0.05) is 0 Å². The summed E-state index contributed by atoms with van der Waals surface area (Å²) in [4.78, 5) is 4.49. The van der Waals surface area contributed by atoms with Crippen molar-refractivity contribution in [2.45, 2.75) is 88.9 Å². The summed E-state index contributed by atoms with van der Waals surface area (Å²) in [5.41, 5.74) is 0. The van der Waals surface area contributed by atoms with Crippen LogP contribution in [0.5, 0.6) is 0 Å². The van der Waals surface area contributed by atoms with Gasteiger partial charge in [-0.3, -0.25) is 0 Å². The number of rotatable bonds is 14. The quantitative estimate of drug-likeness (QED) is 0.254. The molecular weight excluding hydrogens is 367 g/mol. The monoisotopic (exact) mass is 408 g/mol. The Morgan fingerprint density at radius 3 is 1.33 bits per heavy atom. The van der Waals surface area contributed by atoms with Gasteiger partial charge in [-0.05, 0) is 0 Å². The summed E-state index contributed by atoms with van der Waals surface area (Å²) in [6, 6.07) is 0. The molecule has 0 aromatic carbocycles. The Kier molecular flexibility index (Phi) is 13.6. The van der Waals surface area contributed by atoms with Crippen molar-refractivity contribution >= 4 is 19.2 Å². The van der Waals surface area contributed by atoms with Gasteiger partial charge in [0.1, 0.15) is 0 Å². The first-order valence-corrected chi connectivity index (χ1v) is 17.2. The number of unbranched alkanes of at least 4 members (excludes halogenated alkanes) is 4. The van der Waals surface area contributed by atoms with E-state index >= 15 is 0 Å². The van der Waals surface area contributed by atoms with Gasteiger partial charge in [0.25, 0.3) is 0 Å². The van der Waals surface area contributed by atoms with Gasteiger partial charge in [0.2, 0.25) is 0 Å². The molecule has 0 saturated heterocycles. The van der Waals surface area contributed by atoms with E-state index in [0.29, 0.717) is 0 Å². The normalized spacial score (nSPS) is 12.6. The van der Waals surface area contributed by atoms with Crippen LogP contribution in [0.3, 0.4) is 0 Å². The van der Waals surface area contributed by atoms with E-state index in [9.17, 15) is 0 Å². The second kappa shape index (κ2) is 13.2. The van der Waals surface area contributed by atoms with Crippen molar-refractivity contribution in [3.63, 3.8) is 0 Å². The predicted octanol–water partition coefficient (Wildman–Crippen LogP) is 6.15. The molecule has 0 aromatic heterocycles. The van der Waals surface area contributed by atoms with E-state index in [-0.39, 0.29) is 0 Å². The van der Waals surface area contributed by atoms with Crippen molar-refractivity contribution in [1.82, 2.24) is 0 Å². The molecule has 128 valence electrons. The van der Waals surface area contributed by atoms with Crippen LogP contribution in [0.1, 0.15) is 79.1 Å². The molecule has 0 unspecified atom stereocenters. The minimum atomic E-state index is -2.61. The molecule has 0 N–H and O–H groups in total. The summed E-state index contributed by atoms with van der Waals surface area (Å²) in [7, 11) is 0. The van der Waals surface area contributed by atoms with Crippen molar-refractivity contribution < 1.29 is 6.15 Å². The van der Waals surface area contributed by atoms with Gasteiger partial charge in [0.05, 0.1) is 0 Å². The fraction of sp³-hybridized carbons (Fsp3) is 1.00.